The maximum absolute atomic E-state index is 6.18. The third-order valence-electron chi connectivity index (χ3n) is 4.04. The number of hydrogen-bond donors (Lipinski definition) is 2. The van der Waals surface area contributed by atoms with Crippen LogP contribution in [0.2, 0.25) is 5.02 Å². The molecule has 1 fully saturated rings. The fourth-order valence-corrected chi connectivity index (χ4v) is 3.48. The number of rotatable bonds is 5. The van der Waals surface area contributed by atoms with E-state index in [2.05, 4.69) is 21.9 Å². The van der Waals surface area contributed by atoms with Crippen molar-refractivity contribution in [2.75, 3.05) is 33.1 Å². The maximum Gasteiger partial charge on any atom is 0.191 e. The highest BCUT2D eigenvalue weighted by molar-refractivity contribution is 14.0. The quantitative estimate of drug-likeness (QED) is 0.393. The molecule has 1 aliphatic heterocycles. The number of aliphatic imine (C=N–C) groups is 1. The molecule has 1 aromatic rings. The average molecular weight is 470 g/mol. The van der Waals surface area contributed by atoms with Gasteiger partial charge in [0.15, 0.2) is 5.96 Å². The zero-order valence-corrected chi connectivity index (χ0v) is 17.5. The number of ether oxygens (including phenoxy) is 1. The molecule has 7 heteroatoms. The summed E-state index contributed by atoms with van der Waals surface area (Å²) in [4.78, 5) is 4.29. The molecule has 0 radical (unpaired) electrons. The lowest BCUT2D eigenvalue weighted by Crippen LogP contribution is -2.47. The largest absolute Gasteiger partial charge is 0.381 e. The summed E-state index contributed by atoms with van der Waals surface area (Å²) in [6, 6.07) is 7.85. The second-order valence-electron chi connectivity index (χ2n) is 5.37. The van der Waals surface area contributed by atoms with E-state index < -0.39 is 0 Å². The van der Waals surface area contributed by atoms with E-state index >= 15 is 0 Å². The van der Waals surface area contributed by atoms with Crippen LogP contribution in [0.25, 0.3) is 0 Å². The Morgan fingerprint density at radius 3 is 2.61 bits per heavy atom. The smallest absolute Gasteiger partial charge is 0.191 e. The minimum Gasteiger partial charge on any atom is -0.381 e. The fraction of sp³-hybridized carbons (Fsp3) is 0.562. The second kappa shape index (κ2) is 10.6. The Balaban J connectivity index is 0.00000264. The summed E-state index contributed by atoms with van der Waals surface area (Å²) >= 11 is 8.09. The Kier molecular flexibility index (Phi) is 9.65. The van der Waals surface area contributed by atoms with Crippen molar-refractivity contribution in [3.05, 3.63) is 34.9 Å². The van der Waals surface area contributed by atoms with Gasteiger partial charge in [-0.1, -0.05) is 29.8 Å². The van der Waals surface area contributed by atoms with Crippen LogP contribution in [0.5, 0.6) is 0 Å². The van der Waals surface area contributed by atoms with Gasteiger partial charge in [0.1, 0.15) is 0 Å². The van der Waals surface area contributed by atoms with Gasteiger partial charge in [0.05, 0.1) is 0 Å². The molecule has 130 valence electrons. The van der Waals surface area contributed by atoms with E-state index in [9.17, 15) is 0 Å². The molecular weight excluding hydrogens is 445 g/mol. The van der Waals surface area contributed by atoms with Crippen molar-refractivity contribution in [2.45, 2.75) is 24.1 Å². The number of benzene rings is 1. The normalized spacial score (nSPS) is 17.3. The van der Waals surface area contributed by atoms with Crippen LogP contribution in [0, 0.1) is 0 Å². The van der Waals surface area contributed by atoms with Crippen LogP contribution < -0.4 is 10.6 Å². The van der Waals surface area contributed by atoms with Gasteiger partial charge in [0, 0.05) is 43.1 Å². The van der Waals surface area contributed by atoms with Gasteiger partial charge < -0.3 is 15.4 Å². The van der Waals surface area contributed by atoms with Crippen LogP contribution in [0.15, 0.2) is 29.3 Å². The lowest BCUT2D eigenvalue weighted by atomic mass is 9.99. The minimum atomic E-state index is 0. The molecule has 0 aromatic heterocycles. The van der Waals surface area contributed by atoms with Gasteiger partial charge in [-0.3, -0.25) is 4.99 Å². The summed E-state index contributed by atoms with van der Waals surface area (Å²) < 4.78 is 5.71. The van der Waals surface area contributed by atoms with Crippen molar-refractivity contribution in [3.63, 3.8) is 0 Å². The molecule has 1 aliphatic rings. The molecule has 0 spiro atoms. The van der Waals surface area contributed by atoms with Crippen molar-refractivity contribution in [2.24, 2.45) is 4.99 Å². The van der Waals surface area contributed by atoms with Gasteiger partial charge in [0.25, 0.3) is 0 Å². The Hall–Kier alpha value is -0.180. The van der Waals surface area contributed by atoms with Crippen molar-refractivity contribution >= 4 is 53.3 Å². The van der Waals surface area contributed by atoms with E-state index in [0.29, 0.717) is 6.54 Å². The van der Waals surface area contributed by atoms with E-state index in [4.69, 9.17) is 16.3 Å². The molecule has 0 amide bonds. The Labute approximate surface area is 165 Å². The van der Waals surface area contributed by atoms with Crippen molar-refractivity contribution in [3.8, 4) is 0 Å². The van der Waals surface area contributed by atoms with E-state index in [1.54, 1.807) is 7.05 Å². The van der Waals surface area contributed by atoms with Gasteiger partial charge in [-0.15, -0.1) is 24.0 Å². The summed E-state index contributed by atoms with van der Waals surface area (Å²) in [5.74, 6) is 0.805. The molecule has 0 unspecified atom stereocenters. The van der Waals surface area contributed by atoms with E-state index in [-0.39, 0.29) is 28.7 Å². The summed E-state index contributed by atoms with van der Waals surface area (Å²) in [6.45, 7) is 3.23. The molecular formula is C16H25ClIN3OS. The monoisotopic (exact) mass is 469 g/mol. The van der Waals surface area contributed by atoms with Crippen LogP contribution in [0.3, 0.4) is 0 Å². The zero-order chi connectivity index (χ0) is 15.8. The highest BCUT2D eigenvalue weighted by atomic mass is 127. The topological polar surface area (TPSA) is 45.7 Å². The Morgan fingerprint density at radius 1 is 1.30 bits per heavy atom. The number of nitrogens with one attached hydrogen (secondary N) is 2. The highest BCUT2D eigenvalue weighted by Crippen LogP contribution is 2.32. The van der Waals surface area contributed by atoms with Gasteiger partial charge >= 0.3 is 0 Å². The molecule has 2 rings (SSSR count). The molecule has 0 atom stereocenters. The first-order chi connectivity index (χ1) is 10.7. The minimum absolute atomic E-state index is 0. The second-order valence-corrected chi connectivity index (χ2v) is 7.05. The number of hydrogen-bond acceptors (Lipinski definition) is 3. The SMILES string of the molecule is CN=C(NCc1ccccc1Cl)NCC1(SC)CCOCC1.I. The summed E-state index contributed by atoms with van der Waals surface area (Å²) in [6.07, 6.45) is 4.32. The van der Waals surface area contributed by atoms with Crippen LogP contribution in [-0.2, 0) is 11.3 Å². The first-order valence-corrected chi connectivity index (χ1v) is 9.10. The van der Waals surface area contributed by atoms with Crippen molar-refractivity contribution in [1.29, 1.82) is 0 Å². The number of guanidine groups is 1. The lowest BCUT2D eigenvalue weighted by Gasteiger charge is -2.36. The summed E-state index contributed by atoms with van der Waals surface area (Å²) in [7, 11) is 1.79. The molecule has 1 aromatic carbocycles. The van der Waals surface area contributed by atoms with Crippen LogP contribution in [-0.4, -0.2) is 43.8 Å². The van der Waals surface area contributed by atoms with E-state index in [0.717, 1.165) is 49.1 Å². The van der Waals surface area contributed by atoms with Crippen molar-refractivity contribution in [1.82, 2.24) is 10.6 Å². The molecule has 0 saturated carbocycles. The fourth-order valence-electron chi connectivity index (χ4n) is 2.48. The molecule has 0 aliphatic carbocycles. The first kappa shape index (κ1) is 20.9. The van der Waals surface area contributed by atoms with Gasteiger partial charge in [-0.05, 0) is 30.7 Å². The average Bonchev–Trinajstić information content (AvgIpc) is 2.57. The van der Waals surface area contributed by atoms with Crippen LogP contribution in [0.1, 0.15) is 18.4 Å². The third-order valence-corrected chi connectivity index (χ3v) is 5.83. The number of halogens is 2. The number of nitrogens with zero attached hydrogens (tertiary/aromatic N) is 1. The number of thioether (sulfide) groups is 1. The van der Waals surface area contributed by atoms with E-state index in [1.807, 2.05) is 36.0 Å². The first-order valence-electron chi connectivity index (χ1n) is 7.50. The van der Waals surface area contributed by atoms with Gasteiger partial charge in [-0.2, -0.15) is 11.8 Å². The molecule has 0 bridgehead atoms. The van der Waals surface area contributed by atoms with Gasteiger partial charge in [0.2, 0.25) is 0 Å². The third kappa shape index (κ3) is 6.32. The van der Waals surface area contributed by atoms with E-state index in [1.165, 1.54) is 0 Å². The maximum atomic E-state index is 6.18. The van der Waals surface area contributed by atoms with Crippen molar-refractivity contribution < 1.29 is 4.74 Å². The predicted molar refractivity (Wildman–Crippen MR) is 111 cm³/mol. The molecule has 2 N–H and O–H groups in total. The van der Waals surface area contributed by atoms with Crippen LogP contribution in [0.4, 0.5) is 0 Å². The highest BCUT2D eigenvalue weighted by Gasteiger charge is 2.31. The molecule has 1 saturated heterocycles. The molecule has 1 heterocycles. The summed E-state index contributed by atoms with van der Waals surface area (Å²) in [5.41, 5.74) is 1.07. The molecule has 23 heavy (non-hydrogen) atoms. The summed E-state index contributed by atoms with van der Waals surface area (Å²) in [5, 5.41) is 7.53. The Morgan fingerprint density at radius 2 is 2.00 bits per heavy atom. The Bertz CT molecular complexity index is 510. The molecule has 4 nitrogen and oxygen atoms in total. The van der Waals surface area contributed by atoms with Gasteiger partial charge in [-0.25, -0.2) is 0 Å². The predicted octanol–water partition coefficient (Wildman–Crippen LogP) is 3.54. The standard InChI is InChI=1S/C16H24ClN3OS.HI/c1-18-15(19-11-13-5-3-4-6-14(13)17)20-12-16(22-2)7-9-21-10-8-16;/h3-6H,7-12H2,1-2H3,(H2,18,19,20);1H. The zero-order valence-electron chi connectivity index (χ0n) is 13.6. The lowest BCUT2D eigenvalue weighted by molar-refractivity contribution is 0.0783. The van der Waals surface area contributed by atoms with Crippen LogP contribution >= 0.6 is 47.3 Å².